The standard InChI is InChI=1S/C12H27N3O2/c1-5-11(13)12(16)15(9-10-17-4)8-6-7-14(2)3/h11H,5-10,13H2,1-4H3/t11-/m1/s1. The maximum Gasteiger partial charge on any atom is 0.239 e. The molecule has 0 rings (SSSR count). The van der Waals surface area contributed by atoms with E-state index in [1.165, 1.54) is 0 Å². The first-order valence-corrected chi connectivity index (χ1v) is 6.21. The highest BCUT2D eigenvalue weighted by molar-refractivity contribution is 5.81. The predicted octanol–water partition coefficient (Wildman–Crippen LogP) is 0.150. The van der Waals surface area contributed by atoms with E-state index in [-0.39, 0.29) is 11.9 Å². The van der Waals surface area contributed by atoms with Crippen molar-refractivity contribution < 1.29 is 9.53 Å². The van der Waals surface area contributed by atoms with Gasteiger partial charge in [0.25, 0.3) is 0 Å². The Morgan fingerprint density at radius 2 is 1.94 bits per heavy atom. The summed E-state index contributed by atoms with van der Waals surface area (Å²) in [4.78, 5) is 15.9. The summed E-state index contributed by atoms with van der Waals surface area (Å²) in [5, 5.41) is 0. The van der Waals surface area contributed by atoms with Crippen molar-refractivity contribution in [3.63, 3.8) is 0 Å². The molecule has 0 aliphatic rings. The van der Waals surface area contributed by atoms with E-state index in [4.69, 9.17) is 10.5 Å². The molecule has 0 saturated carbocycles. The largest absolute Gasteiger partial charge is 0.383 e. The smallest absolute Gasteiger partial charge is 0.239 e. The van der Waals surface area contributed by atoms with Gasteiger partial charge in [0.2, 0.25) is 5.91 Å². The van der Waals surface area contributed by atoms with E-state index >= 15 is 0 Å². The van der Waals surface area contributed by atoms with E-state index in [0.29, 0.717) is 19.6 Å². The molecule has 0 unspecified atom stereocenters. The highest BCUT2D eigenvalue weighted by atomic mass is 16.5. The monoisotopic (exact) mass is 245 g/mol. The second kappa shape index (κ2) is 9.39. The van der Waals surface area contributed by atoms with Crippen molar-refractivity contribution in [3.05, 3.63) is 0 Å². The van der Waals surface area contributed by atoms with Crippen molar-refractivity contribution in [1.82, 2.24) is 9.80 Å². The number of nitrogens with zero attached hydrogens (tertiary/aromatic N) is 2. The van der Waals surface area contributed by atoms with Crippen molar-refractivity contribution >= 4 is 5.91 Å². The number of hydrogen-bond acceptors (Lipinski definition) is 4. The van der Waals surface area contributed by atoms with Crippen LogP contribution in [0.15, 0.2) is 0 Å². The van der Waals surface area contributed by atoms with Crippen molar-refractivity contribution in [2.45, 2.75) is 25.8 Å². The molecule has 102 valence electrons. The van der Waals surface area contributed by atoms with Gasteiger partial charge in [-0.3, -0.25) is 4.79 Å². The third-order valence-electron chi connectivity index (χ3n) is 2.67. The SMILES string of the molecule is CC[C@@H](N)C(=O)N(CCCN(C)C)CCOC. The Hall–Kier alpha value is -0.650. The molecule has 0 heterocycles. The minimum atomic E-state index is -0.383. The van der Waals surface area contributed by atoms with Crippen LogP contribution in [-0.2, 0) is 9.53 Å². The molecule has 0 aliphatic carbocycles. The molecule has 0 aromatic heterocycles. The van der Waals surface area contributed by atoms with E-state index in [2.05, 4.69) is 4.90 Å². The molecule has 17 heavy (non-hydrogen) atoms. The van der Waals surface area contributed by atoms with E-state index < -0.39 is 0 Å². The van der Waals surface area contributed by atoms with Crippen molar-refractivity contribution in [2.75, 3.05) is 47.4 Å². The Labute approximate surface area is 105 Å². The molecule has 0 aliphatic heterocycles. The summed E-state index contributed by atoms with van der Waals surface area (Å²) in [7, 11) is 5.69. The van der Waals surface area contributed by atoms with E-state index in [9.17, 15) is 4.79 Å². The Kier molecular flexibility index (Phi) is 9.03. The molecule has 5 heteroatoms. The van der Waals surface area contributed by atoms with Crippen molar-refractivity contribution in [2.24, 2.45) is 5.73 Å². The van der Waals surface area contributed by atoms with Gasteiger partial charge in [0.15, 0.2) is 0 Å². The third kappa shape index (κ3) is 7.31. The normalized spacial score (nSPS) is 12.8. The number of amides is 1. The van der Waals surface area contributed by atoms with Crippen LogP contribution in [0.3, 0.4) is 0 Å². The summed E-state index contributed by atoms with van der Waals surface area (Å²) in [5.74, 6) is 0.0308. The molecule has 0 aromatic rings. The van der Waals surface area contributed by atoms with E-state index in [0.717, 1.165) is 19.5 Å². The molecule has 0 spiro atoms. The fourth-order valence-corrected chi connectivity index (χ4v) is 1.52. The van der Waals surface area contributed by atoms with Crippen LogP contribution < -0.4 is 5.73 Å². The van der Waals surface area contributed by atoms with Gasteiger partial charge in [0.1, 0.15) is 0 Å². The molecule has 0 saturated heterocycles. The first-order chi connectivity index (χ1) is 8.02. The number of rotatable bonds is 9. The van der Waals surface area contributed by atoms with Gasteiger partial charge in [0, 0.05) is 20.2 Å². The lowest BCUT2D eigenvalue weighted by atomic mass is 10.2. The minimum Gasteiger partial charge on any atom is -0.383 e. The van der Waals surface area contributed by atoms with Crippen LogP contribution in [0, 0.1) is 0 Å². The zero-order valence-electron chi connectivity index (χ0n) is 11.6. The zero-order valence-corrected chi connectivity index (χ0v) is 11.6. The Morgan fingerprint density at radius 1 is 1.29 bits per heavy atom. The summed E-state index contributed by atoms with van der Waals surface area (Å²) < 4.78 is 5.02. The van der Waals surface area contributed by atoms with E-state index in [1.807, 2.05) is 21.0 Å². The molecule has 2 N–H and O–H groups in total. The zero-order chi connectivity index (χ0) is 13.3. The first kappa shape index (κ1) is 16.4. The molecular weight excluding hydrogens is 218 g/mol. The number of ether oxygens (including phenoxy) is 1. The lowest BCUT2D eigenvalue weighted by molar-refractivity contribution is -0.133. The molecule has 1 atom stereocenters. The average Bonchev–Trinajstić information content (AvgIpc) is 2.31. The van der Waals surface area contributed by atoms with Crippen LogP contribution in [-0.4, -0.2) is 69.2 Å². The summed E-state index contributed by atoms with van der Waals surface area (Å²) >= 11 is 0. The van der Waals surface area contributed by atoms with Crippen LogP contribution in [0.1, 0.15) is 19.8 Å². The van der Waals surface area contributed by atoms with Crippen molar-refractivity contribution in [1.29, 1.82) is 0 Å². The van der Waals surface area contributed by atoms with Crippen LogP contribution in [0.2, 0.25) is 0 Å². The molecule has 0 aromatic carbocycles. The fraction of sp³-hybridized carbons (Fsp3) is 0.917. The molecule has 0 bridgehead atoms. The van der Waals surface area contributed by atoms with Crippen LogP contribution in [0.4, 0.5) is 0 Å². The van der Waals surface area contributed by atoms with Gasteiger partial charge in [-0.25, -0.2) is 0 Å². The van der Waals surface area contributed by atoms with E-state index in [1.54, 1.807) is 12.0 Å². The van der Waals surface area contributed by atoms with Gasteiger partial charge in [-0.05, 0) is 33.5 Å². The maximum atomic E-state index is 12.0. The summed E-state index contributed by atoms with van der Waals surface area (Å²) in [6, 6.07) is -0.383. The van der Waals surface area contributed by atoms with Gasteiger partial charge in [-0.15, -0.1) is 0 Å². The minimum absolute atomic E-state index is 0.0308. The number of methoxy groups -OCH3 is 1. The molecular formula is C12H27N3O2. The average molecular weight is 245 g/mol. The van der Waals surface area contributed by atoms with Gasteiger partial charge in [-0.1, -0.05) is 6.92 Å². The number of nitrogens with two attached hydrogens (primary N) is 1. The lowest BCUT2D eigenvalue weighted by Crippen LogP contribution is -2.45. The number of carbonyl (C=O) groups is 1. The summed E-state index contributed by atoms with van der Waals surface area (Å²) in [5.41, 5.74) is 5.78. The topological polar surface area (TPSA) is 58.8 Å². The van der Waals surface area contributed by atoms with Gasteiger partial charge < -0.3 is 20.3 Å². The second-order valence-corrected chi connectivity index (χ2v) is 4.49. The third-order valence-corrected chi connectivity index (χ3v) is 2.67. The van der Waals surface area contributed by atoms with Crippen LogP contribution >= 0.6 is 0 Å². The predicted molar refractivity (Wildman–Crippen MR) is 69.9 cm³/mol. The van der Waals surface area contributed by atoms with Gasteiger partial charge in [0.05, 0.1) is 12.6 Å². The Bertz CT molecular complexity index is 210. The van der Waals surface area contributed by atoms with Gasteiger partial charge >= 0.3 is 0 Å². The Balaban J connectivity index is 4.16. The first-order valence-electron chi connectivity index (χ1n) is 6.21. The van der Waals surface area contributed by atoms with Crippen molar-refractivity contribution in [3.8, 4) is 0 Å². The summed E-state index contributed by atoms with van der Waals surface area (Å²) in [6.07, 6.45) is 1.63. The molecule has 0 radical (unpaired) electrons. The van der Waals surface area contributed by atoms with Crippen LogP contribution in [0.25, 0.3) is 0 Å². The quantitative estimate of drug-likeness (QED) is 0.628. The maximum absolute atomic E-state index is 12.0. The lowest BCUT2D eigenvalue weighted by Gasteiger charge is -2.25. The summed E-state index contributed by atoms with van der Waals surface area (Å²) in [6.45, 7) is 4.82. The second-order valence-electron chi connectivity index (χ2n) is 4.49. The number of hydrogen-bond donors (Lipinski definition) is 1. The highest BCUT2D eigenvalue weighted by Gasteiger charge is 2.18. The fourth-order valence-electron chi connectivity index (χ4n) is 1.52. The molecule has 0 fully saturated rings. The Morgan fingerprint density at radius 3 is 2.41 bits per heavy atom. The molecule has 5 nitrogen and oxygen atoms in total. The molecule has 1 amide bonds. The highest BCUT2D eigenvalue weighted by Crippen LogP contribution is 1.99. The number of carbonyl (C=O) groups excluding carboxylic acids is 1. The van der Waals surface area contributed by atoms with Gasteiger partial charge in [-0.2, -0.15) is 0 Å². The van der Waals surface area contributed by atoms with Crippen LogP contribution in [0.5, 0.6) is 0 Å².